The van der Waals surface area contributed by atoms with Crippen LogP contribution < -0.4 is 10.6 Å². The average Bonchev–Trinajstić information content (AvgIpc) is 3.09. The molecule has 26 heavy (non-hydrogen) atoms. The molecule has 8 heteroatoms. The zero-order valence-electron chi connectivity index (χ0n) is 13.5. The maximum Gasteiger partial charge on any atom is 0.416 e. The smallest absolute Gasteiger partial charge is 0.376 e. The lowest BCUT2D eigenvalue weighted by Crippen LogP contribution is -2.22. The average molecular weight is 360 g/mol. The molecular weight excluding hydrogens is 345 g/mol. The topological polar surface area (TPSA) is 59.0 Å². The molecule has 134 valence electrons. The fraction of sp³-hybridized carbons (Fsp3) is 0.111. The van der Waals surface area contributed by atoms with E-state index in [9.17, 15) is 18.0 Å². The Balaban J connectivity index is 1.58. The molecule has 0 saturated heterocycles. The highest BCUT2D eigenvalue weighted by Crippen LogP contribution is 2.30. The summed E-state index contributed by atoms with van der Waals surface area (Å²) in [6.07, 6.45) is -2.73. The Kier molecular flexibility index (Phi) is 4.92. The summed E-state index contributed by atoms with van der Waals surface area (Å²) in [4.78, 5) is 12.0. The van der Waals surface area contributed by atoms with Gasteiger partial charge in [-0.25, -0.2) is 4.68 Å². The quantitative estimate of drug-likeness (QED) is 0.725. The van der Waals surface area contributed by atoms with E-state index in [0.29, 0.717) is 5.82 Å². The first-order valence-electron chi connectivity index (χ1n) is 7.74. The normalized spacial score (nSPS) is 11.2. The van der Waals surface area contributed by atoms with E-state index in [1.807, 2.05) is 30.3 Å². The maximum atomic E-state index is 12.7. The Labute approximate surface area is 147 Å². The van der Waals surface area contributed by atoms with Crippen LogP contribution in [0.3, 0.4) is 0 Å². The van der Waals surface area contributed by atoms with E-state index in [0.717, 1.165) is 17.8 Å². The zero-order valence-corrected chi connectivity index (χ0v) is 13.5. The van der Waals surface area contributed by atoms with Crippen LogP contribution in [0.25, 0.3) is 5.69 Å². The Hall–Kier alpha value is -3.29. The molecule has 2 N–H and O–H groups in total. The summed E-state index contributed by atoms with van der Waals surface area (Å²) in [5.41, 5.74) is 0.282. The summed E-state index contributed by atoms with van der Waals surface area (Å²) in [5, 5.41) is 9.49. The van der Waals surface area contributed by atoms with Gasteiger partial charge in [0.15, 0.2) is 5.82 Å². The largest absolute Gasteiger partial charge is 0.416 e. The van der Waals surface area contributed by atoms with Gasteiger partial charge >= 0.3 is 6.18 Å². The van der Waals surface area contributed by atoms with Crippen molar-refractivity contribution in [3.63, 3.8) is 0 Å². The van der Waals surface area contributed by atoms with Gasteiger partial charge in [0, 0.05) is 18.0 Å². The number of hydrogen-bond acceptors (Lipinski definition) is 3. The number of anilines is 2. The molecule has 0 aliphatic heterocycles. The van der Waals surface area contributed by atoms with Crippen LogP contribution >= 0.6 is 0 Å². The third kappa shape index (κ3) is 4.41. The van der Waals surface area contributed by atoms with Gasteiger partial charge in [-0.15, -0.1) is 0 Å². The highest BCUT2D eigenvalue weighted by molar-refractivity contribution is 5.92. The second kappa shape index (κ2) is 7.30. The molecule has 0 radical (unpaired) electrons. The summed E-state index contributed by atoms with van der Waals surface area (Å²) in [6, 6.07) is 15.7. The van der Waals surface area contributed by atoms with Crippen LogP contribution in [-0.2, 0) is 11.0 Å². The number of carbonyl (C=O) groups excluding carboxylic acids is 1. The summed E-state index contributed by atoms with van der Waals surface area (Å²) in [5.74, 6) is -0.0644. The van der Waals surface area contributed by atoms with Gasteiger partial charge in [0.2, 0.25) is 5.91 Å². The molecule has 0 aliphatic carbocycles. The number of aromatic nitrogens is 2. The molecule has 3 rings (SSSR count). The lowest BCUT2D eigenvalue weighted by atomic mass is 10.2. The van der Waals surface area contributed by atoms with E-state index < -0.39 is 17.6 Å². The fourth-order valence-electron chi connectivity index (χ4n) is 2.29. The number of alkyl halides is 3. The standard InChI is InChI=1S/C18H15F3N4O/c19-18(20,21)13-5-4-6-14(11-13)22-12-17(26)23-16-9-10-25(24-16)15-7-2-1-3-8-15/h1-11,22H,12H2,(H,23,24,26). The third-order valence-corrected chi connectivity index (χ3v) is 3.52. The predicted octanol–water partition coefficient (Wildman–Crippen LogP) is 3.94. The number of nitrogens with one attached hydrogen (secondary N) is 2. The van der Waals surface area contributed by atoms with Crippen molar-refractivity contribution in [3.05, 3.63) is 72.4 Å². The molecule has 2 aromatic carbocycles. The number of carbonyl (C=O) groups is 1. The summed E-state index contributed by atoms with van der Waals surface area (Å²) < 4.78 is 39.6. The van der Waals surface area contributed by atoms with Gasteiger partial charge in [0.05, 0.1) is 17.8 Å². The number of hydrogen-bond donors (Lipinski definition) is 2. The van der Waals surface area contributed by atoms with Gasteiger partial charge in [-0.2, -0.15) is 18.3 Å². The molecule has 0 saturated carbocycles. The summed E-state index contributed by atoms with van der Waals surface area (Å²) >= 11 is 0. The number of benzene rings is 2. The van der Waals surface area contributed by atoms with Crippen LogP contribution in [-0.4, -0.2) is 22.2 Å². The number of halogens is 3. The number of nitrogens with zero attached hydrogens (tertiary/aromatic N) is 2. The van der Waals surface area contributed by atoms with E-state index in [2.05, 4.69) is 15.7 Å². The van der Waals surface area contributed by atoms with Crippen molar-refractivity contribution < 1.29 is 18.0 Å². The molecule has 5 nitrogen and oxygen atoms in total. The van der Waals surface area contributed by atoms with Gasteiger partial charge < -0.3 is 10.6 Å². The lowest BCUT2D eigenvalue weighted by Gasteiger charge is -2.10. The van der Waals surface area contributed by atoms with Crippen LogP contribution in [0.2, 0.25) is 0 Å². The third-order valence-electron chi connectivity index (χ3n) is 3.52. The minimum Gasteiger partial charge on any atom is -0.376 e. The first-order valence-corrected chi connectivity index (χ1v) is 7.74. The molecule has 0 spiro atoms. The van der Waals surface area contributed by atoms with Gasteiger partial charge in [0.1, 0.15) is 0 Å². The summed E-state index contributed by atoms with van der Waals surface area (Å²) in [6.45, 7) is -0.181. The van der Waals surface area contributed by atoms with Crippen LogP contribution in [0.5, 0.6) is 0 Å². The molecule has 0 unspecified atom stereocenters. The highest BCUT2D eigenvalue weighted by atomic mass is 19.4. The van der Waals surface area contributed by atoms with Crippen LogP contribution in [0, 0.1) is 0 Å². The molecule has 1 amide bonds. The summed E-state index contributed by atoms with van der Waals surface area (Å²) in [7, 11) is 0. The molecule has 0 atom stereocenters. The van der Waals surface area contributed by atoms with Crippen molar-refractivity contribution in [3.8, 4) is 5.69 Å². The van der Waals surface area contributed by atoms with Crippen LogP contribution in [0.15, 0.2) is 66.9 Å². The molecular formula is C18H15F3N4O. The zero-order chi connectivity index (χ0) is 18.6. The second-order valence-corrected chi connectivity index (χ2v) is 5.46. The van der Waals surface area contributed by atoms with Crippen molar-refractivity contribution in [2.24, 2.45) is 0 Å². The molecule has 3 aromatic rings. The van der Waals surface area contributed by atoms with Crippen molar-refractivity contribution in [2.45, 2.75) is 6.18 Å². The molecule has 0 bridgehead atoms. The van der Waals surface area contributed by atoms with Gasteiger partial charge in [0.25, 0.3) is 0 Å². The van der Waals surface area contributed by atoms with Crippen LogP contribution in [0.4, 0.5) is 24.7 Å². The van der Waals surface area contributed by atoms with E-state index in [-0.39, 0.29) is 12.2 Å². The van der Waals surface area contributed by atoms with Crippen molar-refractivity contribution in [1.29, 1.82) is 0 Å². The van der Waals surface area contributed by atoms with E-state index in [1.54, 1.807) is 16.9 Å². The SMILES string of the molecule is O=C(CNc1cccc(C(F)(F)F)c1)Nc1ccn(-c2ccccc2)n1. The minimum atomic E-state index is -4.43. The first-order chi connectivity index (χ1) is 12.4. The number of amides is 1. The Morgan fingerprint density at radius 1 is 1.04 bits per heavy atom. The second-order valence-electron chi connectivity index (χ2n) is 5.46. The fourth-order valence-corrected chi connectivity index (χ4v) is 2.29. The monoisotopic (exact) mass is 360 g/mol. The maximum absolute atomic E-state index is 12.7. The Bertz CT molecular complexity index is 891. The highest BCUT2D eigenvalue weighted by Gasteiger charge is 2.30. The first kappa shape index (κ1) is 17.5. The van der Waals surface area contributed by atoms with Crippen LogP contribution in [0.1, 0.15) is 5.56 Å². The van der Waals surface area contributed by atoms with E-state index in [1.165, 1.54) is 12.1 Å². The molecule has 0 aliphatic rings. The minimum absolute atomic E-state index is 0.181. The molecule has 0 fully saturated rings. The number of para-hydroxylation sites is 1. The Morgan fingerprint density at radius 2 is 1.81 bits per heavy atom. The van der Waals surface area contributed by atoms with E-state index in [4.69, 9.17) is 0 Å². The van der Waals surface area contributed by atoms with Gasteiger partial charge in [-0.1, -0.05) is 24.3 Å². The van der Waals surface area contributed by atoms with Gasteiger partial charge in [-0.05, 0) is 30.3 Å². The van der Waals surface area contributed by atoms with Crippen molar-refractivity contribution >= 4 is 17.4 Å². The molecule has 1 heterocycles. The predicted molar refractivity (Wildman–Crippen MR) is 92.1 cm³/mol. The lowest BCUT2D eigenvalue weighted by molar-refractivity contribution is -0.137. The van der Waals surface area contributed by atoms with Crippen molar-refractivity contribution in [1.82, 2.24) is 9.78 Å². The van der Waals surface area contributed by atoms with Crippen molar-refractivity contribution in [2.75, 3.05) is 17.2 Å². The van der Waals surface area contributed by atoms with Gasteiger partial charge in [-0.3, -0.25) is 4.79 Å². The number of rotatable bonds is 5. The Morgan fingerprint density at radius 3 is 2.54 bits per heavy atom. The molecule has 1 aromatic heterocycles. The van der Waals surface area contributed by atoms with E-state index >= 15 is 0 Å².